The van der Waals surface area contributed by atoms with Crippen LogP contribution in [0.25, 0.3) is 11.0 Å². The van der Waals surface area contributed by atoms with E-state index in [2.05, 4.69) is 20.6 Å². The molecule has 0 fully saturated rings. The Morgan fingerprint density at radius 1 is 1.08 bits per heavy atom. The van der Waals surface area contributed by atoms with Crippen molar-refractivity contribution in [1.82, 2.24) is 15.3 Å². The topological polar surface area (TPSA) is 107 Å². The zero-order chi connectivity index (χ0) is 18.7. The average Bonchev–Trinajstić information content (AvgIpc) is 2.93. The zero-order valence-electron chi connectivity index (χ0n) is 13.9. The van der Waals surface area contributed by atoms with Crippen LogP contribution in [0.3, 0.4) is 0 Å². The molecule has 1 aromatic heterocycles. The monoisotopic (exact) mass is 372 g/mol. The van der Waals surface area contributed by atoms with Crippen molar-refractivity contribution < 1.29 is 9.59 Å². The van der Waals surface area contributed by atoms with Gasteiger partial charge in [0.1, 0.15) is 0 Å². The molecule has 0 saturated heterocycles. The number of nitrogens with one attached hydrogen (secondary N) is 4. The second-order valence-corrected chi connectivity index (χ2v) is 6.33. The molecule has 7 nitrogen and oxygen atoms in total. The van der Waals surface area contributed by atoms with Crippen LogP contribution in [0.2, 0.25) is 5.02 Å². The van der Waals surface area contributed by atoms with Gasteiger partial charge in [-0.15, -0.1) is 0 Å². The van der Waals surface area contributed by atoms with E-state index in [0.29, 0.717) is 21.7 Å². The van der Waals surface area contributed by atoms with E-state index in [0.717, 1.165) is 5.56 Å². The number of aromatic nitrogens is 2. The largest absolute Gasteiger partial charge is 0.349 e. The highest BCUT2D eigenvalue weighted by atomic mass is 35.5. The van der Waals surface area contributed by atoms with Gasteiger partial charge in [-0.2, -0.15) is 0 Å². The predicted octanol–water partition coefficient (Wildman–Crippen LogP) is 2.72. The van der Waals surface area contributed by atoms with E-state index < -0.39 is 6.04 Å². The number of anilines is 1. The normalized spacial score (nSPS) is 11.9. The highest BCUT2D eigenvalue weighted by molar-refractivity contribution is 6.30. The average molecular weight is 373 g/mol. The van der Waals surface area contributed by atoms with Gasteiger partial charge in [-0.25, -0.2) is 4.79 Å². The van der Waals surface area contributed by atoms with Crippen molar-refractivity contribution in [1.29, 1.82) is 0 Å². The highest BCUT2D eigenvalue weighted by Gasteiger charge is 2.17. The van der Waals surface area contributed by atoms with Crippen LogP contribution in [0.15, 0.2) is 47.3 Å². The molecule has 26 heavy (non-hydrogen) atoms. The van der Waals surface area contributed by atoms with Crippen LogP contribution in [0.5, 0.6) is 0 Å². The third kappa shape index (κ3) is 4.31. The first kappa shape index (κ1) is 17.8. The van der Waals surface area contributed by atoms with Gasteiger partial charge in [-0.05, 0) is 35.9 Å². The van der Waals surface area contributed by atoms with Gasteiger partial charge in [-0.1, -0.05) is 23.7 Å². The molecule has 3 rings (SSSR count). The van der Waals surface area contributed by atoms with Crippen molar-refractivity contribution in [2.24, 2.45) is 0 Å². The smallest absolute Gasteiger partial charge is 0.323 e. The molecule has 3 aromatic rings. The number of hydrogen-bond acceptors (Lipinski definition) is 3. The first-order valence-electron chi connectivity index (χ1n) is 7.95. The Balaban J connectivity index is 1.74. The quantitative estimate of drug-likeness (QED) is 0.553. The highest BCUT2D eigenvalue weighted by Crippen LogP contribution is 2.21. The number of aromatic amines is 2. The molecule has 0 aliphatic rings. The lowest BCUT2D eigenvalue weighted by molar-refractivity contribution is -0.120. The fraction of sp³-hybridized carbons (Fsp3) is 0.167. The molecule has 8 heteroatoms. The lowest BCUT2D eigenvalue weighted by Gasteiger charge is -2.18. The van der Waals surface area contributed by atoms with Crippen LogP contribution in [0.1, 0.15) is 24.9 Å². The van der Waals surface area contributed by atoms with Crippen molar-refractivity contribution in [2.45, 2.75) is 19.4 Å². The predicted molar refractivity (Wildman–Crippen MR) is 100 cm³/mol. The summed E-state index contributed by atoms with van der Waals surface area (Å²) in [7, 11) is 0. The van der Waals surface area contributed by atoms with Gasteiger partial charge < -0.3 is 20.6 Å². The zero-order valence-corrected chi connectivity index (χ0v) is 14.7. The maximum absolute atomic E-state index is 12.4. The fourth-order valence-electron chi connectivity index (χ4n) is 2.70. The molecule has 0 aliphatic heterocycles. The molecule has 134 valence electrons. The number of carbonyl (C=O) groups is 2. The Labute approximate surface area is 153 Å². The van der Waals surface area contributed by atoms with Gasteiger partial charge in [0.15, 0.2) is 0 Å². The summed E-state index contributed by atoms with van der Waals surface area (Å²) in [5.41, 5.74) is 2.28. The van der Waals surface area contributed by atoms with E-state index in [1.165, 1.54) is 6.92 Å². The van der Waals surface area contributed by atoms with Crippen LogP contribution in [-0.4, -0.2) is 21.8 Å². The van der Waals surface area contributed by atoms with E-state index in [4.69, 9.17) is 11.6 Å². The summed E-state index contributed by atoms with van der Waals surface area (Å²) in [4.78, 5) is 40.5. The van der Waals surface area contributed by atoms with E-state index >= 15 is 0 Å². The molecule has 1 atom stereocenters. The van der Waals surface area contributed by atoms with Crippen LogP contribution in [0.4, 0.5) is 5.69 Å². The molecule has 0 bridgehead atoms. The lowest BCUT2D eigenvalue weighted by Crippen LogP contribution is -2.29. The van der Waals surface area contributed by atoms with Crippen molar-refractivity contribution in [3.8, 4) is 0 Å². The molecule has 2 aromatic carbocycles. The minimum Gasteiger partial charge on any atom is -0.349 e. The molecule has 2 amide bonds. The first-order chi connectivity index (χ1) is 12.4. The molecule has 0 saturated carbocycles. The third-order valence-electron chi connectivity index (χ3n) is 3.84. The maximum atomic E-state index is 12.4. The molecular formula is C18H17ClN4O3. The van der Waals surface area contributed by atoms with Crippen LogP contribution < -0.4 is 16.3 Å². The molecule has 0 aliphatic carbocycles. The standard InChI is InChI=1S/C18H17ClN4O3/c1-10(24)20-15(11-2-4-12(19)5-3-11)9-17(25)21-13-6-7-14-16(8-13)23-18(26)22-14/h2-8,15H,9H2,1H3,(H,20,24)(H,21,25)(H2,22,23,26)/t15-/m1/s1. The summed E-state index contributed by atoms with van der Waals surface area (Å²) in [6.07, 6.45) is 0.0584. The second-order valence-electron chi connectivity index (χ2n) is 5.90. The summed E-state index contributed by atoms with van der Waals surface area (Å²) in [6.45, 7) is 1.40. The van der Waals surface area contributed by atoms with Crippen molar-refractivity contribution in [3.63, 3.8) is 0 Å². The van der Waals surface area contributed by atoms with Gasteiger partial charge in [0, 0.05) is 17.6 Å². The van der Waals surface area contributed by atoms with E-state index in [1.54, 1.807) is 42.5 Å². The maximum Gasteiger partial charge on any atom is 0.323 e. The molecule has 4 N–H and O–H groups in total. The summed E-state index contributed by atoms with van der Waals surface area (Å²) < 4.78 is 0. The molecule has 1 heterocycles. The number of rotatable bonds is 5. The molecule has 0 unspecified atom stereocenters. The number of H-pyrrole nitrogens is 2. The summed E-state index contributed by atoms with van der Waals surface area (Å²) >= 11 is 5.89. The number of halogens is 1. The summed E-state index contributed by atoms with van der Waals surface area (Å²) in [5.74, 6) is -0.500. The number of benzene rings is 2. The van der Waals surface area contributed by atoms with Crippen molar-refractivity contribution >= 4 is 40.1 Å². The van der Waals surface area contributed by atoms with Gasteiger partial charge in [0.05, 0.1) is 23.5 Å². The van der Waals surface area contributed by atoms with Gasteiger partial charge >= 0.3 is 5.69 Å². The molecular weight excluding hydrogens is 356 g/mol. The Bertz CT molecular complexity index is 1010. The van der Waals surface area contributed by atoms with Crippen LogP contribution >= 0.6 is 11.6 Å². The Morgan fingerprint density at radius 3 is 2.46 bits per heavy atom. The molecule has 0 radical (unpaired) electrons. The summed E-state index contributed by atoms with van der Waals surface area (Å²) in [6, 6.07) is 11.5. The van der Waals surface area contributed by atoms with Gasteiger partial charge in [0.2, 0.25) is 11.8 Å². The number of hydrogen-bond donors (Lipinski definition) is 4. The molecule has 0 spiro atoms. The van der Waals surface area contributed by atoms with Crippen molar-refractivity contribution in [2.75, 3.05) is 5.32 Å². The number of carbonyl (C=O) groups excluding carboxylic acids is 2. The Morgan fingerprint density at radius 2 is 1.77 bits per heavy atom. The minimum absolute atomic E-state index is 0.0584. The van der Waals surface area contributed by atoms with Gasteiger partial charge in [0.25, 0.3) is 0 Å². The lowest BCUT2D eigenvalue weighted by atomic mass is 10.0. The number of fused-ring (bicyclic) bond motifs is 1. The second kappa shape index (κ2) is 7.45. The SMILES string of the molecule is CC(=O)N[C@H](CC(=O)Nc1ccc2[nH]c(=O)[nH]c2c1)c1ccc(Cl)cc1. The Kier molecular flexibility index (Phi) is 5.09. The van der Waals surface area contributed by atoms with Crippen LogP contribution in [-0.2, 0) is 9.59 Å². The fourth-order valence-corrected chi connectivity index (χ4v) is 2.83. The van der Waals surface area contributed by atoms with Crippen molar-refractivity contribution in [3.05, 3.63) is 63.5 Å². The van der Waals surface area contributed by atoms with Crippen LogP contribution in [0, 0.1) is 0 Å². The van der Waals surface area contributed by atoms with E-state index in [1.807, 2.05) is 0 Å². The van der Waals surface area contributed by atoms with E-state index in [-0.39, 0.29) is 23.9 Å². The number of amides is 2. The third-order valence-corrected chi connectivity index (χ3v) is 4.09. The first-order valence-corrected chi connectivity index (χ1v) is 8.33. The Hall–Kier alpha value is -3.06. The van der Waals surface area contributed by atoms with E-state index in [9.17, 15) is 14.4 Å². The number of imidazole rings is 1. The minimum atomic E-state index is -0.472. The van der Waals surface area contributed by atoms with Gasteiger partial charge in [-0.3, -0.25) is 9.59 Å². The summed E-state index contributed by atoms with van der Waals surface area (Å²) in [5, 5.41) is 6.12.